The molecule has 3 aliphatic rings. The minimum Gasteiger partial charge on any atom is -0.405 e. The maximum Gasteiger partial charge on any atom is 0.573 e. The molecule has 2 aromatic carbocycles. The number of halogens is 4. The van der Waals surface area contributed by atoms with Crippen molar-refractivity contribution >= 4 is 22.6 Å². The first-order chi connectivity index (χ1) is 18.3. The van der Waals surface area contributed by atoms with E-state index in [0.717, 1.165) is 67.6 Å². The highest BCUT2D eigenvalue weighted by atomic mass is 127. The zero-order valence-electron chi connectivity index (χ0n) is 21.1. The summed E-state index contributed by atoms with van der Waals surface area (Å²) in [6.07, 6.45) is 4.19. The number of ether oxygens (including phenoxy) is 2. The van der Waals surface area contributed by atoms with E-state index in [4.69, 9.17) is 9.26 Å². The average molecular weight is 637 g/mol. The lowest BCUT2D eigenvalue weighted by Gasteiger charge is -2.19. The molecule has 4 atom stereocenters. The van der Waals surface area contributed by atoms with Crippen LogP contribution in [-0.2, 0) is 17.8 Å². The van der Waals surface area contributed by atoms with E-state index in [1.165, 1.54) is 34.1 Å². The van der Waals surface area contributed by atoms with Crippen molar-refractivity contribution in [2.24, 2.45) is 17.8 Å². The monoisotopic (exact) mass is 637 g/mol. The van der Waals surface area contributed by atoms with Crippen LogP contribution in [-0.4, -0.2) is 17.6 Å². The summed E-state index contributed by atoms with van der Waals surface area (Å²) in [4.78, 5) is 0. The number of hydrogen-bond acceptors (Lipinski definition) is 4. The van der Waals surface area contributed by atoms with Crippen LogP contribution in [0.4, 0.5) is 13.2 Å². The molecule has 38 heavy (non-hydrogen) atoms. The topological polar surface area (TPSA) is 44.5 Å². The third kappa shape index (κ3) is 6.22. The number of fused-ring (bicyclic) bond motifs is 1. The second-order valence-corrected chi connectivity index (χ2v) is 12.3. The highest BCUT2D eigenvalue weighted by molar-refractivity contribution is 14.1. The fourth-order valence-corrected chi connectivity index (χ4v) is 6.48. The van der Waals surface area contributed by atoms with E-state index in [1.807, 2.05) is 0 Å². The summed E-state index contributed by atoms with van der Waals surface area (Å²) in [5.41, 5.74) is 2.83. The van der Waals surface area contributed by atoms with Crippen LogP contribution in [0.3, 0.4) is 0 Å². The van der Waals surface area contributed by atoms with Gasteiger partial charge in [-0.15, -0.1) is 13.2 Å². The Morgan fingerprint density at radius 1 is 0.974 bits per heavy atom. The normalized spacial score (nSPS) is 25.1. The standard InChI is InChI=1S/C30H31F3INO3/c31-30(32,33)37-27-4-2-1-3-24(27)28-26(29(38-35-28)20-9-10-20)17-36-23-14-11-19(25-16-21(25)15-23)8-5-18-6-12-22(34)13-7-18/h1-4,6-7,12-13,19-21,23,25H,5,8-11,14-17H2/t19-,21+,23-,25?/m1/s1. The van der Waals surface area contributed by atoms with Crippen molar-refractivity contribution < 1.29 is 27.2 Å². The molecule has 4 nitrogen and oxygen atoms in total. The van der Waals surface area contributed by atoms with Gasteiger partial charge in [-0.3, -0.25) is 0 Å². The molecule has 1 aromatic heterocycles. The molecule has 3 aliphatic carbocycles. The van der Waals surface area contributed by atoms with Crippen molar-refractivity contribution in [2.75, 3.05) is 0 Å². The molecule has 0 spiro atoms. The predicted octanol–water partition coefficient (Wildman–Crippen LogP) is 8.68. The summed E-state index contributed by atoms with van der Waals surface area (Å²) in [7, 11) is 0. The zero-order chi connectivity index (χ0) is 26.3. The smallest absolute Gasteiger partial charge is 0.405 e. The summed E-state index contributed by atoms with van der Waals surface area (Å²) in [5.74, 6) is 2.98. The number of aryl methyl sites for hydroxylation is 1. The number of nitrogens with zero attached hydrogens (tertiary/aromatic N) is 1. The molecule has 0 aliphatic heterocycles. The fourth-order valence-electron chi connectivity index (χ4n) is 6.12. The van der Waals surface area contributed by atoms with Crippen LogP contribution in [0.1, 0.15) is 67.8 Å². The molecule has 0 amide bonds. The number of para-hydroxylation sites is 1. The highest BCUT2D eigenvalue weighted by Gasteiger charge is 2.46. The molecule has 0 bridgehead atoms. The first-order valence-electron chi connectivity index (χ1n) is 13.5. The summed E-state index contributed by atoms with van der Waals surface area (Å²) < 4.78 is 56.9. The molecule has 0 N–H and O–H groups in total. The van der Waals surface area contributed by atoms with Crippen molar-refractivity contribution in [1.29, 1.82) is 0 Å². The average Bonchev–Trinajstić information content (AvgIpc) is 3.80. The van der Waals surface area contributed by atoms with Crippen LogP contribution in [0.15, 0.2) is 53.1 Å². The van der Waals surface area contributed by atoms with Gasteiger partial charge in [0.25, 0.3) is 0 Å². The Balaban J connectivity index is 1.13. The molecule has 202 valence electrons. The summed E-state index contributed by atoms with van der Waals surface area (Å²) in [6.45, 7) is 0.292. The minimum absolute atomic E-state index is 0.143. The van der Waals surface area contributed by atoms with Crippen LogP contribution < -0.4 is 4.74 Å². The van der Waals surface area contributed by atoms with Crippen molar-refractivity contribution in [3.05, 3.63) is 69.0 Å². The molecule has 1 heterocycles. The molecule has 6 rings (SSSR count). The maximum atomic E-state index is 13.1. The van der Waals surface area contributed by atoms with Gasteiger partial charge < -0.3 is 14.0 Å². The highest BCUT2D eigenvalue weighted by Crippen LogP contribution is 2.53. The van der Waals surface area contributed by atoms with E-state index in [-0.39, 0.29) is 23.3 Å². The molecule has 1 unspecified atom stereocenters. The molecular formula is C30H31F3INO3. The van der Waals surface area contributed by atoms with Crippen molar-refractivity contribution in [3.63, 3.8) is 0 Å². The predicted molar refractivity (Wildman–Crippen MR) is 146 cm³/mol. The minimum atomic E-state index is -4.79. The van der Waals surface area contributed by atoms with Crippen molar-refractivity contribution in [2.45, 2.75) is 76.4 Å². The lowest BCUT2D eigenvalue weighted by molar-refractivity contribution is -0.274. The number of benzene rings is 2. The van der Waals surface area contributed by atoms with Crippen LogP contribution in [0.5, 0.6) is 5.75 Å². The SMILES string of the molecule is FC(F)(F)Oc1ccccc1-c1noc(C2CC2)c1CO[C@@H]1CC[C@@H](CCc2ccc(I)cc2)C2C[C@@H]2C1. The van der Waals surface area contributed by atoms with Gasteiger partial charge in [0.15, 0.2) is 0 Å². The van der Waals surface area contributed by atoms with Crippen molar-refractivity contribution in [3.8, 4) is 17.0 Å². The van der Waals surface area contributed by atoms with E-state index in [9.17, 15) is 13.2 Å². The van der Waals surface area contributed by atoms with Crippen LogP contribution in [0, 0.1) is 21.3 Å². The van der Waals surface area contributed by atoms with E-state index in [1.54, 1.807) is 12.1 Å². The zero-order valence-corrected chi connectivity index (χ0v) is 23.2. The third-order valence-electron chi connectivity index (χ3n) is 8.32. The van der Waals surface area contributed by atoms with Gasteiger partial charge in [0.1, 0.15) is 17.2 Å². The van der Waals surface area contributed by atoms with E-state index in [0.29, 0.717) is 12.3 Å². The van der Waals surface area contributed by atoms with Gasteiger partial charge in [-0.25, -0.2) is 0 Å². The largest absolute Gasteiger partial charge is 0.573 e. The molecular weight excluding hydrogens is 606 g/mol. The van der Waals surface area contributed by atoms with Gasteiger partial charge >= 0.3 is 6.36 Å². The van der Waals surface area contributed by atoms with Crippen LogP contribution >= 0.6 is 22.6 Å². The van der Waals surface area contributed by atoms with Gasteiger partial charge in [-0.2, -0.15) is 0 Å². The number of hydrogen-bond donors (Lipinski definition) is 0. The third-order valence-corrected chi connectivity index (χ3v) is 9.04. The molecule has 3 saturated carbocycles. The Labute approximate surface area is 234 Å². The van der Waals surface area contributed by atoms with E-state index >= 15 is 0 Å². The Kier molecular flexibility index (Phi) is 7.46. The van der Waals surface area contributed by atoms with E-state index < -0.39 is 6.36 Å². The number of alkyl halides is 3. The quantitative estimate of drug-likeness (QED) is 0.220. The first kappa shape index (κ1) is 26.2. The van der Waals surface area contributed by atoms with Gasteiger partial charge in [-0.05, 0) is 122 Å². The summed E-state index contributed by atoms with van der Waals surface area (Å²) in [5, 5.41) is 4.21. The molecule has 0 saturated heterocycles. The molecule has 3 aromatic rings. The molecule has 3 fully saturated rings. The Morgan fingerprint density at radius 2 is 1.76 bits per heavy atom. The number of aromatic nitrogens is 1. The maximum absolute atomic E-state index is 13.1. The fraction of sp³-hybridized carbons (Fsp3) is 0.500. The van der Waals surface area contributed by atoms with Gasteiger partial charge in [0.05, 0.1) is 12.7 Å². The second-order valence-electron chi connectivity index (χ2n) is 11.0. The summed E-state index contributed by atoms with van der Waals surface area (Å²) in [6, 6.07) is 14.9. The second kappa shape index (κ2) is 10.8. The Bertz CT molecular complexity index is 1250. The molecule has 8 heteroatoms. The van der Waals surface area contributed by atoms with E-state index in [2.05, 4.69) is 56.7 Å². The van der Waals surface area contributed by atoms with Gasteiger partial charge in [0, 0.05) is 20.6 Å². The Hall–Kier alpha value is -2.07. The first-order valence-corrected chi connectivity index (χ1v) is 14.6. The lowest BCUT2D eigenvalue weighted by Crippen LogP contribution is -2.17. The van der Waals surface area contributed by atoms with Crippen LogP contribution in [0.2, 0.25) is 0 Å². The van der Waals surface area contributed by atoms with Gasteiger partial charge in [-0.1, -0.05) is 29.4 Å². The summed E-state index contributed by atoms with van der Waals surface area (Å²) >= 11 is 2.34. The Morgan fingerprint density at radius 3 is 2.53 bits per heavy atom. The van der Waals surface area contributed by atoms with Crippen LogP contribution in [0.25, 0.3) is 11.3 Å². The lowest BCUT2D eigenvalue weighted by atomic mass is 9.91. The van der Waals surface area contributed by atoms with Crippen molar-refractivity contribution in [1.82, 2.24) is 5.16 Å². The molecule has 0 radical (unpaired) electrons. The number of rotatable bonds is 9. The van der Waals surface area contributed by atoms with Gasteiger partial charge in [0.2, 0.25) is 0 Å².